The first-order valence-electron chi connectivity index (χ1n) is 9.18. The number of nitrogens with zero attached hydrogens (tertiary/aromatic N) is 2. The number of benzene rings is 2. The largest absolute Gasteiger partial charge is 0.465 e. The third-order valence-electron chi connectivity index (χ3n) is 5.40. The van der Waals surface area contributed by atoms with E-state index in [0.29, 0.717) is 32.0 Å². The number of piperidine rings is 1. The summed E-state index contributed by atoms with van der Waals surface area (Å²) in [5.74, 6) is -0.483. The van der Waals surface area contributed by atoms with Crippen LogP contribution in [0.1, 0.15) is 35.2 Å². The van der Waals surface area contributed by atoms with Gasteiger partial charge in [0.15, 0.2) is 0 Å². The zero-order valence-corrected chi connectivity index (χ0v) is 15.5. The Kier molecular flexibility index (Phi) is 4.26. The number of para-hydroxylation sites is 1. The molecule has 4 rings (SSSR count). The number of carbonyl (C=O) groups excluding carboxylic acids is 1. The molecule has 1 aliphatic rings. The van der Waals surface area contributed by atoms with Crippen LogP contribution in [0.4, 0.5) is 5.69 Å². The summed E-state index contributed by atoms with van der Waals surface area (Å²) in [5.41, 5.74) is 1.76. The lowest BCUT2D eigenvalue weighted by Crippen LogP contribution is -2.31. The van der Waals surface area contributed by atoms with Gasteiger partial charge in [0.1, 0.15) is 0 Å². The lowest BCUT2D eigenvalue weighted by atomic mass is 9.94. The van der Waals surface area contributed by atoms with Crippen LogP contribution < -0.4 is 10.5 Å². The third-order valence-corrected chi connectivity index (χ3v) is 5.40. The zero-order chi connectivity index (χ0) is 19.1. The molecule has 140 valence electrons. The fraction of sp³-hybridized carbons (Fsp3) is 0.333. The zero-order valence-electron chi connectivity index (χ0n) is 15.5. The molecule has 1 saturated heterocycles. The molecule has 0 amide bonds. The maximum absolute atomic E-state index is 13.1. The quantitative estimate of drug-likeness (QED) is 0.427. The van der Waals surface area contributed by atoms with Crippen molar-refractivity contribution in [3.63, 3.8) is 0 Å². The lowest BCUT2D eigenvalue weighted by Gasteiger charge is -2.30. The van der Waals surface area contributed by atoms with E-state index in [4.69, 9.17) is 4.74 Å². The number of methoxy groups -OCH3 is 1. The van der Waals surface area contributed by atoms with Crippen molar-refractivity contribution in [2.24, 2.45) is 0 Å². The van der Waals surface area contributed by atoms with Gasteiger partial charge in [-0.3, -0.25) is 4.79 Å². The molecule has 0 atom stereocenters. The van der Waals surface area contributed by atoms with Crippen LogP contribution in [0.25, 0.3) is 21.7 Å². The monoisotopic (exact) mass is 366 g/mol. The molecule has 27 heavy (non-hydrogen) atoms. The van der Waals surface area contributed by atoms with Crippen molar-refractivity contribution in [3.8, 4) is 0 Å². The van der Waals surface area contributed by atoms with Gasteiger partial charge < -0.3 is 14.8 Å². The molecular formula is C21H22N2O4. The normalized spacial score (nSPS) is 14.7. The number of fused-ring (bicyclic) bond motifs is 3. The van der Waals surface area contributed by atoms with Crippen LogP contribution in [-0.4, -0.2) is 36.1 Å². The van der Waals surface area contributed by atoms with Crippen molar-refractivity contribution in [3.05, 3.63) is 51.8 Å². The van der Waals surface area contributed by atoms with E-state index >= 15 is 0 Å². The van der Waals surface area contributed by atoms with Gasteiger partial charge >= 0.3 is 5.97 Å². The topological polar surface area (TPSA) is 71.8 Å². The van der Waals surface area contributed by atoms with Crippen molar-refractivity contribution >= 4 is 33.3 Å². The molecule has 1 aliphatic heterocycles. The van der Waals surface area contributed by atoms with Gasteiger partial charge in [0.05, 0.1) is 29.3 Å². The maximum atomic E-state index is 13.1. The Morgan fingerprint density at radius 3 is 2.52 bits per heavy atom. The number of esters is 1. The molecule has 0 saturated carbocycles. The van der Waals surface area contributed by atoms with Crippen LogP contribution in [0.3, 0.4) is 0 Å². The number of ether oxygens (including phenoxy) is 1. The molecule has 3 aromatic rings. The summed E-state index contributed by atoms with van der Waals surface area (Å²) < 4.78 is 5.69. The Morgan fingerprint density at radius 1 is 1.11 bits per heavy atom. The van der Waals surface area contributed by atoms with E-state index in [1.54, 1.807) is 12.1 Å². The SMILES string of the molecule is COC(=O)c1c(C)cc(N2CCCCC2)c2c(=O)n(O)c3ccccc3c12. The van der Waals surface area contributed by atoms with Crippen molar-refractivity contribution < 1.29 is 14.7 Å². The van der Waals surface area contributed by atoms with E-state index in [1.165, 1.54) is 13.5 Å². The summed E-state index contributed by atoms with van der Waals surface area (Å²) in [6.07, 6.45) is 3.28. The van der Waals surface area contributed by atoms with Gasteiger partial charge in [-0.15, -0.1) is 4.73 Å². The Morgan fingerprint density at radius 2 is 1.81 bits per heavy atom. The summed E-state index contributed by atoms with van der Waals surface area (Å²) >= 11 is 0. The molecule has 1 aromatic heterocycles. The van der Waals surface area contributed by atoms with Crippen molar-refractivity contribution in [1.29, 1.82) is 0 Å². The predicted molar refractivity (Wildman–Crippen MR) is 105 cm³/mol. The minimum atomic E-state index is -0.519. The number of rotatable bonds is 2. The minimum absolute atomic E-state index is 0.365. The smallest absolute Gasteiger partial charge is 0.338 e. The van der Waals surface area contributed by atoms with E-state index < -0.39 is 11.5 Å². The van der Waals surface area contributed by atoms with E-state index in [-0.39, 0.29) is 0 Å². The second kappa shape index (κ2) is 6.61. The van der Waals surface area contributed by atoms with E-state index in [0.717, 1.165) is 37.2 Å². The summed E-state index contributed by atoms with van der Waals surface area (Å²) in [4.78, 5) is 27.9. The van der Waals surface area contributed by atoms with Gasteiger partial charge in [0.2, 0.25) is 0 Å². The van der Waals surface area contributed by atoms with Crippen LogP contribution >= 0.6 is 0 Å². The van der Waals surface area contributed by atoms with E-state index in [1.807, 2.05) is 25.1 Å². The van der Waals surface area contributed by atoms with Crippen LogP contribution in [0.15, 0.2) is 35.1 Å². The van der Waals surface area contributed by atoms with Crippen LogP contribution in [0.2, 0.25) is 0 Å². The van der Waals surface area contributed by atoms with Crippen LogP contribution in [0.5, 0.6) is 0 Å². The second-order valence-corrected chi connectivity index (χ2v) is 7.01. The number of carbonyl (C=O) groups is 1. The average Bonchev–Trinajstić information content (AvgIpc) is 2.71. The fourth-order valence-corrected chi connectivity index (χ4v) is 4.12. The minimum Gasteiger partial charge on any atom is -0.465 e. The maximum Gasteiger partial charge on any atom is 0.338 e. The van der Waals surface area contributed by atoms with Gasteiger partial charge in [0, 0.05) is 23.9 Å². The molecule has 0 spiro atoms. The lowest BCUT2D eigenvalue weighted by molar-refractivity contribution is 0.0602. The molecule has 0 radical (unpaired) electrons. The van der Waals surface area contributed by atoms with Crippen LogP contribution in [0, 0.1) is 6.92 Å². The Hall–Kier alpha value is -3.02. The van der Waals surface area contributed by atoms with Crippen LogP contribution in [-0.2, 0) is 4.74 Å². The summed E-state index contributed by atoms with van der Waals surface area (Å²) in [6.45, 7) is 3.56. The van der Waals surface area contributed by atoms with E-state index in [9.17, 15) is 14.8 Å². The first kappa shape index (κ1) is 17.4. The van der Waals surface area contributed by atoms with Crippen molar-refractivity contribution in [2.75, 3.05) is 25.1 Å². The van der Waals surface area contributed by atoms with Crippen molar-refractivity contribution in [1.82, 2.24) is 4.73 Å². The molecule has 2 heterocycles. The summed E-state index contributed by atoms with van der Waals surface area (Å²) in [6, 6.07) is 8.93. The molecule has 0 bridgehead atoms. The first-order chi connectivity index (χ1) is 13.0. The summed E-state index contributed by atoms with van der Waals surface area (Å²) in [5, 5.41) is 12.1. The average molecular weight is 366 g/mol. The van der Waals surface area contributed by atoms with Gasteiger partial charge in [-0.25, -0.2) is 4.79 Å². The standard InChI is InChI=1S/C21H22N2O4/c1-13-12-16(22-10-6-3-7-11-22)19-18(17(13)21(25)27-2)14-8-4-5-9-15(14)23(26)20(19)24/h4-5,8-9,12,26H,3,6-7,10-11H2,1-2H3. The highest BCUT2D eigenvalue weighted by molar-refractivity contribution is 6.19. The first-order valence-corrected chi connectivity index (χ1v) is 9.18. The number of hydrogen-bond acceptors (Lipinski definition) is 5. The molecule has 1 N–H and O–H groups in total. The molecule has 0 unspecified atom stereocenters. The van der Waals surface area contributed by atoms with Gasteiger partial charge in [-0.1, -0.05) is 18.2 Å². The Labute approximate surface area is 156 Å². The number of aryl methyl sites for hydroxylation is 1. The number of aromatic nitrogens is 1. The molecular weight excluding hydrogens is 344 g/mol. The Balaban J connectivity index is 2.22. The highest BCUT2D eigenvalue weighted by Gasteiger charge is 2.25. The van der Waals surface area contributed by atoms with E-state index in [2.05, 4.69) is 4.90 Å². The second-order valence-electron chi connectivity index (χ2n) is 7.01. The highest BCUT2D eigenvalue weighted by Crippen LogP contribution is 2.36. The molecule has 6 heteroatoms. The highest BCUT2D eigenvalue weighted by atomic mass is 16.5. The van der Waals surface area contributed by atoms with Gasteiger partial charge in [-0.05, 0) is 43.9 Å². The fourth-order valence-electron chi connectivity index (χ4n) is 4.12. The predicted octanol–water partition coefficient (Wildman–Crippen LogP) is 3.48. The van der Waals surface area contributed by atoms with Gasteiger partial charge in [0.25, 0.3) is 5.56 Å². The number of anilines is 1. The number of pyridine rings is 1. The summed E-state index contributed by atoms with van der Waals surface area (Å²) in [7, 11) is 1.33. The molecule has 1 fully saturated rings. The van der Waals surface area contributed by atoms with Crippen molar-refractivity contribution in [2.45, 2.75) is 26.2 Å². The molecule has 6 nitrogen and oxygen atoms in total. The number of hydrogen-bond donors (Lipinski definition) is 1. The Bertz CT molecular complexity index is 1110. The molecule has 2 aromatic carbocycles. The molecule has 0 aliphatic carbocycles. The van der Waals surface area contributed by atoms with Gasteiger partial charge in [-0.2, -0.15) is 0 Å². The third kappa shape index (κ3) is 2.63.